The molecule has 0 aliphatic rings. The number of pyridine rings is 1. The van der Waals surface area contributed by atoms with Gasteiger partial charge < -0.3 is 5.32 Å². The van der Waals surface area contributed by atoms with Crippen LogP contribution in [0.1, 0.15) is 12.5 Å². The van der Waals surface area contributed by atoms with Crippen molar-refractivity contribution in [2.45, 2.75) is 13.3 Å². The van der Waals surface area contributed by atoms with E-state index in [1.54, 1.807) is 0 Å². The smallest absolute Gasteiger partial charge is 0.0730 e. The van der Waals surface area contributed by atoms with E-state index < -0.39 is 0 Å². The van der Waals surface area contributed by atoms with Gasteiger partial charge >= 0.3 is 0 Å². The van der Waals surface area contributed by atoms with Crippen molar-refractivity contribution in [2.24, 2.45) is 0 Å². The number of nitrogens with one attached hydrogen (secondary N) is 1. The summed E-state index contributed by atoms with van der Waals surface area (Å²) in [6.07, 6.45) is 0.984. The predicted molar refractivity (Wildman–Crippen MR) is 98.4 cm³/mol. The van der Waals surface area contributed by atoms with E-state index in [-0.39, 0.29) is 0 Å². The highest BCUT2D eigenvalue weighted by molar-refractivity contribution is 6.01. The van der Waals surface area contributed by atoms with E-state index >= 15 is 0 Å². The van der Waals surface area contributed by atoms with Crippen molar-refractivity contribution in [3.8, 4) is 0 Å². The fraction of sp³-hybridized carbons (Fsp3) is 0.0952. The molecule has 23 heavy (non-hydrogen) atoms. The number of benzene rings is 3. The van der Waals surface area contributed by atoms with Gasteiger partial charge in [-0.3, -0.25) is 0 Å². The lowest BCUT2D eigenvalue weighted by atomic mass is 10.0. The third kappa shape index (κ3) is 2.53. The molecule has 0 bridgehead atoms. The molecule has 1 aromatic heterocycles. The summed E-state index contributed by atoms with van der Waals surface area (Å²) in [5, 5.41) is 5.93. The average Bonchev–Trinajstić information content (AvgIpc) is 2.61. The number of rotatable bonds is 3. The Kier molecular flexibility index (Phi) is 3.43. The van der Waals surface area contributed by atoms with Gasteiger partial charge in [-0.15, -0.1) is 0 Å². The van der Waals surface area contributed by atoms with Crippen LogP contribution >= 0.6 is 0 Å². The molecule has 2 heteroatoms. The van der Waals surface area contributed by atoms with Crippen molar-refractivity contribution in [3.05, 3.63) is 78.4 Å². The van der Waals surface area contributed by atoms with Crippen LogP contribution in [0.4, 0.5) is 11.4 Å². The Morgan fingerprint density at radius 3 is 2.43 bits per heavy atom. The van der Waals surface area contributed by atoms with Crippen molar-refractivity contribution in [3.63, 3.8) is 0 Å². The van der Waals surface area contributed by atoms with Gasteiger partial charge in [-0.2, -0.15) is 0 Å². The minimum atomic E-state index is 0.984. The lowest BCUT2D eigenvalue weighted by Crippen LogP contribution is -1.97. The molecule has 0 saturated carbocycles. The highest BCUT2D eigenvalue weighted by Crippen LogP contribution is 2.32. The van der Waals surface area contributed by atoms with Crippen LogP contribution in [-0.2, 0) is 6.42 Å². The van der Waals surface area contributed by atoms with Gasteiger partial charge in [-0.1, -0.05) is 49.4 Å². The zero-order valence-electron chi connectivity index (χ0n) is 13.1. The fourth-order valence-electron chi connectivity index (χ4n) is 3.00. The number of fused-ring (bicyclic) bond motifs is 2. The molecule has 3 aromatic carbocycles. The molecule has 0 aliphatic heterocycles. The summed E-state index contributed by atoms with van der Waals surface area (Å²) in [6.45, 7) is 2.19. The number of nitrogens with zero attached hydrogens (tertiary/aromatic N) is 1. The van der Waals surface area contributed by atoms with E-state index in [0.717, 1.165) is 28.8 Å². The molecule has 1 N–H and O–H groups in total. The van der Waals surface area contributed by atoms with Crippen LogP contribution in [0.25, 0.3) is 21.8 Å². The first-order valence-corrected chi connectivity index (χ1v) is 7.98. The lowest BCUT2D eigenvalue weighted by Gasteiger charge is -2.15. The molecule has 0 atom stereocenters. The summed E-state index contributed by atoms with van der Waals surface area (Å²) in [4.78, 5) is 4.82. The van der Waals surface area contributed by atoms with E-state index in [0.29, 0.717) is 0 Å². The van der Waals surface area contributed by atoms with Crippen molar-refractivity contribution in [1.29, 1.82) is 0 Å². The van der Waals surface area contributed by atoms with Crippen molar-refractivity contribution < 1.29 is 0 Å². The van der Waals surface area contributed by atoms with Crippen LogP contribution in [0.3, 0.4) is 0 Å². The van der Waals surface area contributed by atoms with E-state index in [1.165, 1.54) is 16.3 Å². The normalized spacial score (nSPS) is 11.0. The second-order valence-corrected chi connectivity index (χ2v) is 5.69. The van der Waals surface area contributed by atoms with Gasteiger partial charge in [0.25, 0.3) is 0 Å². The second-order valence-electron chi connectivity index (χ2n) is 5.69. The zero-order chi connectivity index (χ0) is 15.6. The number of anilines is 2. The highest BCUT2D eigenvalue weighted by Gasteiger charge is 2.09. The fourth-order valence-corrected chi connectivity index (χ4v) is 3.00. The van der Waals surface area contributed by atoms with Gasteiger partial charge in [0.1, 0.15) is 0 Å². The SMILES string of the molecule is CCc1ccc2nc3ccccc3cc2c1Nc1ccccc1. The van der Waals surface area contributed by atoms with Crippen LogP contribution in [0.2, 0.25) is 0 Å². The minimum Gasteiger partial charge on any atom is -0.355 e. The van der Waals surface area contributed by atoms with Gasteiger partial charge in [-0.05, 0) is 42.3 Å². The summed E-state index contributed by atoms with van der Waals surface area (Å²) >= 11 is 0. The molecule has 0 fully saturated rings. The zero-order valence-corrected chi connectivity index (χ0v) is 13.1. The standard InChI is InChI=1S/C21H18N2/c1-2-15-12-13-20-18(14-16-8-6-7-11-19(16)23-20)21(15)22-17-9-4-3-5-10-17/h3-14,22H,2H2,1H3. The summed E-state index contributed by atoms with van der Waals surface area (Å²) in [5.74, 6) is 0. The number of hydrogen-bond donors (Lipinski definition) is 1. The molecule has 0 radical (unpaired) electrons. The Morgan fingerprint density at radius 1 is 0.826 bits per heavy atom. The molecule has 112 valence electrons. The number of para-hydroxylation sites is 2. The Bertz CT molecular complexity index is 975. The first kappa shape index (κ1) is 13.8. The molecule has 4 rings (SSSR count). The molecule has 0 saturated heterocycles. The van der Waals surface area contributed by atoms with E-state index in [1.807, 2.05) is 24.3 Å². The van der Waals surface area contributed by atoms with E-state index in [4.69, 9.17) is 4.98 Å². The maximum atomic E-state index is 4.82. The van der Waals surface area contributed by atoms with Crippen LogP contribution in [-0.4, -0.2) is 4.98 Å². The molecule has 0 unspecified atom stereocenters. The second kappa shape index (κ2) is 5.73. The maximum Gasteiger partial charge on any atom is 0.0730 e. The Balaban J connectivity index is 1.96. The van der Waals surface area contributed by atoms with Crippen molar-refractivity contribution in [1.82, 2.24) is 4.98 Å². The minimum absolute atomic E-state index is 0.984. The first-order valence-electron chi connectivity index (χ1n) is 7.98. The van der Waals surface area contributed by atoms with Gasteiger partial charge in [0.2, 0.25) is 0 Å². The van der Waals surface area contributed by atoms with Crippen molar-refractivity contribution >= 4 is 33.2 Å². The molecule has 0 aliphatic carbocycles. The molecule has 1 heterocycles. The molecule has 0 spiro atoms. The van der Waals surface area contributed by atoms with E-state index in [2.05, 4.69) is 60.8 Å². The van der Waals surface area contributed by atoms with E-state index in [9.17, 15) is 0 Å². The van der Waals surface area contributed by atoms with Crippen LogP contribution in [0.15, 0.2) is 72.8 Å². The van der Waals surface area contributed by atoms with Gasteiger partial charge in [0.15, 0.2) is 0 Å². The number of aromatic nitrogens is 1. The average molecular weight is 298 g/mol. The molecule has 4 aromatic rings. The summed E-state index contributed by atoms with van der Waals surface area (Å²) in [6, 6.07) is 25.1. The van der Waals surface area contributed by atoms with Crippen LogP contribution < -0.4 is 5.32 Å². The number of aryl methyl sites for hydroxylation is 1. The van der Waals surface area contributed by atoms with Crippen molar-refractivity contribution in [2.75, 3.05) is 5.32 Å². The Labute approximate surface area is 135 Å². The summed E-state index contributed by atoms with van der Waals surface area (Å²) in [7, 11) is 0. The summed E-state index contributed by atoms with van der Waals surface area (Å²) in [5.41, 5.74) is 5.63. The van der Waals surface area contributed by atoms with Gasteiger partial charge in [0.05, 0.1) is 16.7 Å². The Hall–Kier alpha value is -2.87. The van der Waals surface area contributed by atoms with Crippen LogP contribution in [0.5, 0.6) is 0 Å². The molecule has 2 nitrogen and oxygen atoms in total. The molecular formula is C21H18N2. The number of hydrogen-bond acceptors (Lipinski definition) is 2. The predicted octanol–water partition coefficient (Wildman–Crippen LogP) is 5.69. The third-order valence-electron chi connectivity index (χ3n) is 4.21. The first-order chi connectivity index (χ1) is 11.3. The Morgan fingerprint density at radius 2 is 1.61 bits per heavy atom. The van der Waals surface area contributed by atoms with Gasteiger partial charge in [-0.25, -0.2) is 4.98 Å². The summed E-state index contributed by atoms with van der Waals surface area (Å²) < 4.78 is 0. The topological polar surface area (TPSA) is 24.9 Å². The monoisotopic (exact) mass is 298 g/mol. The maximum absolute atomic E-state index is 4.82. The lowest BCUT2D eigenvalue weighted by molar-refractivity contribution is 1.15. The largest absolute Gasteiger partial charge is 0.355 e. The highest BCUT2D eigenvalue weighted by atomic mass is 14.9. The molecular weight excluding hydrogens is 280 g/mol. The molecule has 0 amide bonds. The van der Waals surface area contributed by atoms with Gasteiger partial charge in [0, 0.05) is 16.5 Å². The quantitative estimate of drug-likeness (QED) is 0.491. The third-order valence-corrected chi connectivity index (χ3v) is 4.21. The van der Waals surface area contributed by atoms with Crippen LogP contribution in [0, 0.1) is 0 Å².